The van der Waals surface area contributed by atoms with Gasteiger partial charge in [0.1, 0.15) is 5.82 Å². The maximum absolute atomic E-state index is 13.2. The highest BCUT2D eigenvalue weighted by Crippen LogP contribution is 2.32. The van der Waals surface area contributed by atoms with Crippen LogP contribution in [0, 0.1) is 12.7 Å². The highest BCUT2D eigenvalue weighted by Gasteiger charge is 2.33. The van der Waals surface area contributed by atoms with Crippen molar-refractivity contribution in [2.24, 2.45) is 4.99 Å². The molecule has 0 amide bonds. The number of benzene rings is 1. The minimum atomic E-state index is -4.64. The number of guanidine groups is 1. The summed E-state index contributed by atoms with van der Waals surface area (Å²) in [5, 5.41) is 6.01. The topological polar surface area (TPSA) is 49.3 Å². The highest BCUT2D eigenvalue weighted by atomic mass is 127. The van der Waals surface area contributed by atoms with Crippen LogP contribution in [-0.4, -0.2) is 17.5 Å². The Kier molecular flexibility index (Phi) is 8.94. The van der Waals surface area contributed by atoms with Crippen molar-refractivity contribution in [1.82, 2.24) is 15.6 Å². The second kappa shape index (κ2) is 10.4. The van der Waals surface area contributed by atoms with Gasteiger partial charge >= 0.3 is 6.18 Å². The fourth-order valence-electron chi connectivity index (χ4n) is 2.33. The zero-order valence-electron chi connectivity index (χ0n) is 14.9. The van der Waals surface area contributed by atoms with E-state index in [-0.39, 0.29) is 36.1 Å². The Morgan fingerprint density at radius 3 is 2.56 bits per heavy atom. The van der Waals surface area contributed by atoms with Crippen LogP contribution in [0.1, 0.15) is 29.3 Å². The number of hydrogen-bond donors (Lipinski definition) is 2. The fraction of sp³-hybridized carbons (Fsp3) is 0.333. The number of pyridine rings is 1. The monoisotopic (exact) mass is 496 g/mol. The van der Waals surface area contributed by atoms with E-state index in [2.05, 4.69) is 20.6 Å². The standard InChI is InChI=1S/C18H20F4N4.HI/c1-3-23-17(26-11-16-12(2)5-4-8-24-16)25-10-13-6-7-14(19)9-15(13)18(20,21)22;/h4-9H,3,10-11H2,1-2H3,(H2,23,25,26);1H. The molecule has 2 N–H and O–H groups in total. The maximum atomic E-state index is 13.2. The molecule has 0 fully saturated rings. The number of aryl methyl sites for hydroxylation is 1. The lowest BCUT2D eigenvalue weighted by atomic mass is 10.1. The van der Waals surface area contributed by atoms with Gasteiger partial charge in [-0.3, -0.25) is 4.98 Å². The molecule has 148 valence electrons. The van der Waals surface area contributed by atoms with Crippen molar-refractivity contribution >= 4 is 29.9 Å². The van der Waals surface area contributed by atoms with Gasteiger partial charge in [-0.25, -0.2) is 9.38 Å². The van der Waals surface area contributed by atoms with Gasteiger partial charge < -0.3 is 10.6 Å². The number of nitrogens with zero attached hydrogens (tertiary/aromatic N) is 2. The smallest absolute Gasteiger partial charge is 0.357 e. The molecule has 0 aliphatic carbocycles. The molecule has 1 aromatic carbocycles. The van der Waals surface area contributed by atoms with E-state index < -0.39 is 17.6 Å². The molecular formula is C18H21F4IN4. The number of aromatic nitrogens is 1. The van der Waals surface area contributed by atoms with Gasteiger partial charge in [-0.2, -0.15) is 13.2 Å². The number of halogens is 5. The molecule has 0 bridgehead atoms. The van der Waals surface area contributed by atoms with Gasteiger partial charge in [0.2, 0.25) is 0 Å². The third-order valence-electron chi connectivity index (χ3n) is 3.67. The van der Waals surface area contributed by atoms with E-state index in [0.29, 0.717) is 25.1 Å². The van der Waals surface area contributed by atoms with Gasteiger partial charge in [-0.05, 0) is 43.2 Å². The molecule has 1 heterocycles. The van der Waals surface area contributed by atoms with Crippen molar-refractivity contribution in [3.63, 3.8) is 0 Å². The molecule has 0 radical (unpaired) electrons. The lowest BCUT2D eigenvalue weighted by Crippen LogP contribution is -2.37. The summed E-state index contributed by atoms with van der Waals surface area (Å²) in [6, 6.07) is 6.34. The third-order valence-corrected chi connectivity index (χ3v) is 3.67. The number of aliphatic imine (C=N–C) groups is 1. The van der Waals surface area contributed by atoms with Gasteiger partial charge in [0.15, 0.2) is 5.96 Å². The van der Waals surface area contributed by atoms with Crippen LogP contribution in [0.3, 0.4) is 0 Å². The third kappa shape index (κ3) is 6.96. The molecule has 4 nitrogen and oxygen atoms in total. The average Bonchev–Trinajstić information content (AvgIpc) is 2.58. The van der Waals surface area contributed by atoms with Crippen LogP contribution in [0.25, 0.3) is 0 Å². The minimum Gasteiger partial charge on any atom is -0.357 e. The second-order valence-corrected chi connectivity index (χ2v) is 5.61. The Morgan fingerprint density at radius 1 is 1.19 bits per heavy atom. The molecule has 0 aliphatic heterocycles. The summed E-state index contributed by atoms with van der Waals surface area (Å²) < 4.78 is 52.4. The van der Waals surface area contributed by atoms with Crippen LogP contribution < -0.4 is 10.6 Å². The van der Waals surface area contributed by atoms with Crippen LogP contribution in [0.4, 0.5) is 17.6 Å². The first-order valence-electron chi connectivity index (χ1n) is 8.09. The van der Waals surface area contributed by atoms with Crippen molar-refractivity contribution in [1.29, 1.82) is 0 Å². The van der Waals surface area contributed by atoms with Gasteiger partial charge in [0, 0.05) is 12.7 Å². The molecule has 0 spiro atoms. The predicted molar refractivity (Wildman–Crippen MR) is 107 cm³/mol. The van der Waals surface area contributed by atoms with Crippen LogP contribution in [0.5, 0.6) is 0 Å². The van der Waals surface area contributed by atoms with E-state index >= 15 is 0 Å². The van der Waals surface area contributed by atoms with E-state index in [9.17, 15) is 17.6 Å². The van der Waals surface area contributed by atoms with Gasteiger partial charge in [-0.1, -0.05) is 12.1 Å². The first-order valence-corrected chi connectivity index (χ1v) is 8.09. The zero-order valence-corrected chi connectivity index (χ0v) is 17.2. The quantitative estimate of drug-likeness (QED) is 0.279. The van der Waals surface area contributed by atoms with Crippen LogP contribution in [0.2, 0.25) is 0 Å². The number of nitrogens with one attached hydrogen (secondary N) is 2. The van der Waals surface area contributed by atoms with E-state index in [4.69, 9.17) is 0 Å². The molecule has 0 aliphatic rings. The second-order valence-electron chi connectivity index (χ2n) is 5.61. The van der Waals surface area contributed by atoms with Crippen molar-refractivity contribution in [3.8, 4) is 0 Å². The number of hydrogen-bond acceptors (Lipinski definition) is 2. The lowest BCUT2D eigenvalue weighted by Gasteiger charge is -2.14. The Hall–Kier alpha value is -1.91. The largest absolute Gasteiger partial charge is 0.416 e. The molecular weight excluding hydrogens is 475 g/mol. The summed E-state index contributed by atoms with van der Waals surface area (Å²) in [6.45, 7) is 4.47. The van der Waals surface area contributed by atoms with Crippen LogP contribution in [0.15, 0.2) is 41.5 Å². The van der Waals surface area contributed by atoms with E-state index in [1.165, 1.54) is 0 Å². The first-order chi connectivity index (χ1) is 12.3. The highest BCUT2D eigenvalue weighted by molar-refractivity contribution is 14.0. The Bertz CT molecular complexity index is 778. The maximum Gasteiger partial charge on any atom is 0.416 e. The van der Waals surface area contributed by atoms with E-state index in [1.54, 1.807) is 6.20 Å². The summed E-state index contributed by atoms with van der Waals surface area (Å²) in [7, 11) is 0. The SMILES string of the molecule is CCNC(=NCc1ccc(F)cc1C(F)(F)F)NCc1ncccc1C.I. The fourth-order valence-corrected chi connectivity index (χ4v) is 2.33. The van der Waals surface area contributed by atoms with Gasteiger partial charge in [-0.15, -0.1) is 24.0 Å². The molecule has 0 unspecified atom stereocenters. The van der Waals surface area contributed by atoms with Crippen molar-refractivity contribution < 1.29 is 17.6 Å². The summed E-state index contributed by atoms with van der Waals surface area (Å²) in [4.78, 5) is 8.43. The lowest BCUT2D eigenvalue weighted by molar-refractivity contribution is -0.138. The molecule has 27 heavy (non-hydrogen) atoms. The van der Waals surface area contributed by atoms with Crippen molar-refractivity contribution in [2.45, 2.75) is 33.1 Å². The first kappa shape index (κ1) is 23.1. The molecule has 2 aromatic rings. The molecule has 0 saturated heterocycles. The Balaban J connectivity index is 0.00000364. The van der Waals surface area contributed by atoms with Crippen LogP contribution >= 0.6 is 24.0 Å². The molecule has 9 heteroatoms. The Labute approximate surface area is 172 Å². The van der Waals surface area contributed by atoms with Gasteiger partial charge in [0.05, 0.1) is 24.3 Å². The van der Waals surface area contributed by atoms with E-state index in [1.807, 2.05) is 26.0 Å². The predicted octanol–water partition coefficient (Wildman–Crippen LogP) is 4.42. The van der Waals surface area contributed by atoms with Gasteiger partial charge in [0.25, 0.3) is 0 Å². The minimum absolute atomic E-state index is 0. The molecule has 0 atom stereocenters. The normalized spacial score (nSPS) is 11.7. The van der Waals surface area contributed by atoms with E-state index in [0.717, 1.165) is 23.4 Å². The number of rotatable bonds is 5. The Morgan fingerprint density at radius 2 is 1.93 bits per heavy atom. The van der Waals surface area contributed by atoms with Crippen LogP contribution in [-0.2, 0) is 19.3 Å². The van der Waals surface area contributed by atoms with Crippen molar-refractivity contribution in [2.75, 3.05) is 6.54 Å². The average molecular weight is 496 g/mol. The molecule has 2 rings (SSSR count). The van der Waals surface area contributed by atoms with Crippen molar-refractivity contribution in [3.05, 3.63) is 64.7 Å². The number of alkyl halides is 3. The molecule has 1 aromatic heterocycles. The zero-order chi connectivity index (χ0) is 19.2. The summed E-state index contributed by atoms with van der Waals surface area (Å²) in [6.07, 6.45) is -2.97. The molecule has 0 saturated carbocycles. The summed E-state index contributed by atoms with van der Waals surface area (Å²) in [5.74, 6) is -0.573. The summed E-state index contributed by atoms with van der Waals surface area (Å²) in [5.41, 5.74) is 0.701. The summed E-state index contributed by atoms with van der Waals surface area (Å²) >= 11 is 0.